The number of nitrogens with two attached hydrogens (primary N) is 1. The number of aromatic nitrogens is 2. The zero-order valence-electron chi connectivity index (χ0n) is 33.1. The fraction of sp³-hybridized carbons (Fsp3) is 0.538. The maximum atomic E-state index is 16.9. The lowest BCUT2D eigenvalue weighted by Gasteiger charge is -2.60. The average molecular weight is 764 g/mol. The second-order valence-electron chi connectivity index (χ2n) is 17.5. The third-order valence-corrected chi connectivity index (χ3v) is 9.46. The van der Waals surface area contributed by atoms with E-state index in [0.29, 0.717) is 48.1 Å². The Kier molecular flexibility index (Phi) is 9.79. The van der Waals surface area contributed by atoms with Crippen LogP contribution in [-0.4, -0.2) is 88.3 Å². The van der Waals surface area contributed by atoms with Crippen LogP contribution in [0.25, 0.3) is 21.9 Å². The van der Waals surface area contributed by atoms with Crippen molar-refractivity contribution in [2.24, 2.45) is 11.1 Å². The molecule has 1 aromatic carbocycles. The monoisotopic (exact) mass is 763 g/mol. The summed E-state index contributed by atoms with van der Waals surface area (Å²) < 4.78 is 39.3. The summed E-state index contributed by atoms with van der Waals surface area (Å²) in [6.07, 6.45) is 2.12. The summed E-state index contributed by atoms with van der Waals surface area (Å²) in [5, 5.41) is 3.23. The van der Waals surface area contributed by atoms with Gasteiger partial charge in [-0.3, -0.25) is 15.1 Å². The maximum absolute atomic E-state index is 16.9. The molecule has 3 aromatic rings. The number of fused-ring (bicyclic) bond motifs is 2. The van der Waals surface area contributed by atoms with Crippen molar-refractivity contribution in [3.63, 3.8) is 0 Å². The first-order valence-corrected chi connectivity index (χ1v) is 18.3. The number of likely N-dealkylation sites (tertiary alicyclic amines) is 1. The summed E-state index contributed by atoms with van der Waals surface area (Å²) in [6.45, 7) is 18.9. The molecule has 0 atom stereocenters. The fourth-order valence-corrected chi connectivity index (χ4v) is 7.30. The highest BCUT2D eigenvalue weighted by molar-refractivity contribution is 6.05. The Morgan fingerprint density at radius 3 is 2.13 bits per heavy atom. The molecule has 5 amide bonds. The van der Waals surface area contributed by atoms with Crippen LogP contribution in [0.2, 0.25) is 0 Å². The van der Waals surface area contributed by atoms with Gasteiger partial charge in [-0.25, -0.2) is 33.5 Å². The van der Waals surface area contributed by atoms with Crippen LogP contribution < -0.4 is 25.6 Å². The molecule has 16 heteroatoms. The van der Waals surface area contributed by atoms with E-state index in [-0.39, 0.29) is 59.0 Å². The highest BCUT2D eigenvalue weighted by atomic mass is 19.1. The number of carbonyl (C=O) groups excluding carboxylic acids is 4. The minimum atomic E-state index is -0.891. The molecule has 2 fully saturated rings. The lowest BCUT2D eigenvalue weighted by atomic mass is 9.60. The van der Waals surface area contributed by atoms with Crippen molar-refractivity contribution in [1.82, 2.24) is 14.9 Å². The summed E-state index contributed by atoms with van der Waals surface area (Å²) in [5.74, 6) is -0.381. The van der Waals surface area contributed by atoms with Crippen LogP contribution in [-0.2, 0) is 14.2 Å². The molecule has 4 heterocycles. The minimum Gasteiger partial charge on any atom is -0.474 e. The van der Waals surface area contributed by atoms with Gasteiger partial charge in [0.25, 0.3) is 0 Å². The summed E-state index contributed by atoms with van der Waals surface area (Å²) in [7, 11) is 0. The lowest BCUT2D eigenvalue weighted by molar-refractivity contribution is -0.0769. The molecule has 1 saturated carbocycles. The summed E-state index contributed by atoms with van der Waals surface area (Å²) >= 11 is 0. The molecule has 3 aliphatic rings. The lowest BCUT2D eigenvalue weighted by Crippen LogP contribution is -2.68. The number of anilines is 3. The number of urea groups is 1. The zero-order chi connectivity index (χ0) is 40.4. The predicted octanol–water partition coefficient (Wildman–Crippen LogP) is 7.51. The Morgan fingerprint density at radius 2 is 1.53 bits per heavy atom. The van der Waals surface area contributed by atoms with Gasteiger partial charge in [0.2, 0.25) is 5.88 Å². The largest absolute Gasteiger partial charge is 0.474 e. The van der Waals surface area contributed by atoms with Crippen LogP contribution in [0.15, 0.2) is 24.5 Å². The van der Waals surface area contributed by atoms with E-state index in [4.69, 9.17) is 24.7 Å². The quantitative estimate of drug-likeness (QED) is 0.253. The van der Waals surface area contributed by atoms with Gasteiger partial charge in [0.1, 0.15) is 34.9 Å². The Labute approximate surface area is 319 Å². The van der Waals surface area contributed by atoms with Crippen LogP contribution in [0, 0.1) is 18.2 Å². The molecule has 296 valence electrons. The molecule has 1 saturated heterocycles. The Hall–Kier alpha value is -5.41. The van der Waals surface area contributed by atoms with Crippen LogP contribution in [0.1, 0.15) is 80.7 Å². The van der Waals surface area contributed by atoms with Crippen molar-refractivity contribution in [3.8, 4) is 17.0 Å². The molecule has 2 aromatic heterocycles. The first-order valence-electron chi connectivity index (χ1n) is 18.3. The van der Waals surface area contributed by atoms with E-state index in [2.05, 4.69) is 15.3 Å². The van der Waals surface area contributed by atoms with Crippen molar-refractivity contribution >= 4 is 52.3 Å². The van der Waals surface area contributed by atoms with Gasteiger partial charge in [0, 0.05) is 53.5 Å². The summed E-state index contributed by atoms with van der Waals surface area (Å²) in [5.41, 5.74) is 4.47. The standard InChI is InChI=1S/C39H50FN7O8/c1-21-25(17-43-31-30(21)46(11-12-52-31)35(51)55-38(8,9)10)24-13-22-14-27(42-18-26(22)29(28(24)40)44-33(49)53-36(2,3)4)47(32(41)48)23-15-39(16-23)19-45(20-39)34(50)54-37(5,6)7/h13-14,17-18,23H,11-12,15-16,19-20H2,1-10H3,(H2,41,48)(H,44,49). The topological polar surface area (TPSA) is 179 Å². The Balaban J connectivity index is 1.38. The highest BCUT2D eigenvalue weighted by Crippen LogP contribution is 2.51. The molecule has 3 N–H and O–H groups in total. The molecule has 0 bridgehead atoms. The van der Waals surface area contributed by atoms with Gasteiger partial charge in [-0.05, 0) is 105 Å². The number of benzene rings is 1. The number of hydrogen-bond donors (Lipinski definition) is 2. The number of carbonyl (C=O) groups is 4. The predicted molar refractivity (Wildman–Crippen MR) is 204 cm³/mol. The molecule has 1 spiro atoms. The number of nitrogens with zero attached hydrogens (tertiary/aromatic N) is 5. The number of halogens is 1. The molecular weight excluding hydrogens is 713 g/mol. The van der Waals surface area contributed by atoms with Crippen LogP contribution in [0.3, 0.4) is 0 Å². The number of amides is 5. The van der Waals surface area contributed by atoms with Crippen molar-refractivity contribution in [1.29, 1.82) is 0 Å². The zero-order valence-corrected chi connectivity index (χ0v) is 33.1. The first kappa shape index (κ1) is 39.3. The number of pyridine rings is 2. The number of primary amides is 1. The van der Waals surface area contributed by atoms with E-state index >= 15 is 4.39 Å². The molecule has 6 rings (SSSR count). The van der Waals surface area contributed by atoms with E-state index < -0.39 is 40.8 Å². The van der Waals surface area contributed by atoms with Gasteiger partial charge in [-0.2, -0.15) is 0 Å². The Morgan fingerprint density at radius 1 is 0.909 bits per heavy atom. The maximum Gasteiger partial charge on any atom is 0.415 e. The molecule has 0 unspecified atom stereocenters. The van der Waals surface area contributed by atoms with Gasteiger partial charge < -0.3 is 29.6 Å². The minimum absolute atomic E-state index is 0.0446. The van der Waals surface area contributed by atoms with E-state index in [1.807, 2.05) is 20.8 Å². The summed E-state index contributed by atoms with van der Waals surface area (Å²) in [4.78, 5) is 65.4. The van der Waals surface area contributed by atoms with E-state index in [1.165, 1.54) is 22.2 Å². The highest BCUT2D eigenvalue weighted by Gasteiger charge is 2.56. The van der Waals surface area contributed by atoms with Crippen molar-refractivity contribution < 1.29 is 42.5 Å². The van der Waals surface area contributed by atoms with Gasteiger partial charge >= 0.3 is 24.3 Å². The molecule has 2 aliphatic heterocycles. The van der Waals surface area contributed by atoms with Gasteiger partial charge in [-0.1, -0.05) is 0 Å². The van der Waals surface area contributed by atoms with E-state index in [1.54, 1.807) is 65.5 Å². The fourth-order valence-electron chi connectivity index (χ4n) is 7.30. The third kappa shape index (κ3) is 8.17. The Bertz CT molecular complexity index is 2060. The number of ether oxygens (including phenoxy) is 4. The first-order chi connectivity index (χ1) is 25.4. The van der Waals surface area contributed by atoms with Crippen LogP contribution in [0.5, 0.6) is 5.88 Å². The molecule has 1 aliphatic carbocycles. The SMILES string of the molecule is Cc1c(-c2cc3cc(N(C(N)=O)C4CC5(C4)CN(C(=O)OC(C)(C)C)C5)ncc3c(NC(=O)OC(C)(C)C)c2F)cnc2c1N(C(=O)OC(C)(C)C)CCO2. The van der Waals surface area contributed by atoms with Crippen LogP contribution >= 0.6 is 0 Å². The van der Waals surface area contributed by atoms with Crippen molar-refractivity contribution in [3.05, 3.63) is 35.9 Å². The van der Waals surface area contributed by atoms with Crippen molar-refractivity contribution in [2.45, 2.75) is 105 Å². The molecule has 0 radical (unpaired) electrons. The van der Waals surface area contributed by atoms with E-state index in [0.717, 1.165) is 0 Å². The molecular formula is C39H50FN7O8. The smallest absolute Gasteiger partial charge is 0.415 e. The van der Waals surface area contributed by atoms with Crippen LogP contribution in [0.4, 0.5) is 40.8 Å². The normalized spacial score (nSPS) is 16.7. The summed E-state index contributed by atoms with van der Waals surface area (Å²) in [6, 6.07) is 2.16. The number of nitrogens with one attached hydrogen (secondary N) is 1. The third-order valence-electron chi connectivity index (χ3n) is 9.46. The van der Waals surface area contributed by atoms with Gasteiger partial charge in [0.15, 0.2) is 5.82 Å². The average Bonchev–Trinajstić information content (AvgIpc) is 3.00. The second kappa shape index (κ2) is 13.7. The van der Waals surface area contributed by atoms with Gasteiger partial charge in [-0.15, -0.1) is 0 Å². The molecule has 15 nitrogen and oxygen atoms in total. The number of rotatable bonds is 4. The van der Waals surface area contributed by atoms with Gasteiger partial charge in [0.05, 0.1) is 12.2 Å². The second-order valence-corrected chi connectivity index (χ2v) is 17.5. The van der Waals surface area contributed by atoms with E-state index in [9.17, 15) is 19.2 Å². The van der Waals surface area contributed by atoms with Crippen molar-refractivity contribution in [2.75, 3.05) is 41.4 Å². The number of hydrogen-bond acceptors (Lipinski definition) is 10. The molecule has 55 heavy (non-hydrogen) atoms.